The first kappa shape index (κ1) is 20.3. The lowest BCUT2D eigenvalue weighted by atomic mass is 10.2. The van der Waals surface area contributed by atoms with Gasteiger partial charge in [0.25, 0.3) is 0 Å². The van der Waals surface area contributed by atoms with Crippen molar-refractivity contribution in [3.63, 3.8) is 0 Å². The molecular formula is C10H16IN3O4S. The van der Waals surface area contributed by atoms with Gasteiger partial charge in [-0.2, -0.15) is 0 Å². The van der Waals surface area contributed by atoms with Crippen LogP contribution in [0.5, 0.6) is 0 Å². The van der Waals surface area contributed by atoms with Gasteiger partial charge in [-0.15, -0.1) is 24.0 Å². The van der Waals surface area contributed by atoms with Crippen molar-refractivity contribution in [2.24, 2.45) is 15.7 Å². The van der Waals surface area contributed by atoms with E-state index in [2.05, 4.69) is 9.98 Å². The van der Waals surface area contributed by atoms with Crippen molar-refractivity contribution >= 4 is 51.4 Å². The molecule has 1 atom stereocenters. The molecule has 1 unspecified atom stereocenters. The molecule has 8 N–H and O–H groups in total. The monoisotopic (exact) mass is 401 g/mol. The largest absolute Gasteiger partial charge is 0.458 e. The minimum atomic E-state index is -0.188. The van der Waals surface area contributed by atoms with Crippen LogP contribution in [0.2, 0.25) is 0 Å². The molecule has 0 bridgehead atoms. The molecule has 0 saturated carbocycles. The first-order valence-electron chi connectivity index (χ1n) is 4.53. The van der Waals surface area contributed by atoms with Crippen molar-refractivity contribution in [1.29, 1.82) is 0 Å². The van der Waals surface area contributed by atoms with Gasteiger partial charge in [0.15, 0.2) is 5.09 Å². The minimum absolute atomic E-state index is 0. The van der Waals surface area contributed by atoms with Crippen LogP contribution >= 0.6 is 34.5 Å². The van der Waals surface area contributed by atoms with Crippen LogP contribution in [0.15, 0.2) is 49.0 Å². The van der Waals surface area contributed by atoms with Crippen molar-refractivity contribution in [2.75, 3.05) is 6.54 Å². The third kappa shape index (κ3) is 3.51. The SMILES string of the molecule is I.NC1=CS(c2ccco2)=C2CN=CN=C12.O.O.O. The maximum absolute atomic E-state index is 5.90. The standard InChI is InChI=1S/C10H9N3OS.HI.3H2O/c11-7-5-15(9-2-1-3-14-9)8-4-12-6-13-10(7)8;;;;/h1-3,5-6H,4,11H2;1H;3*1H2. The second-order valence-corrected chi connectivity index (χ2v) is 5.01. The summed E-state index contributed by atoms with van der Waals surface area (Å²) in [4.78, 5) is 9.49. The molecule has 0 aromatic carbocycles. The van der Waals surface area contributed by atoms with Crippen LogP contribution < -0.4 is 5.73 Å². The van der Waals surface area contributed by atoms with E-state index in [1.807, 2.05) is 17.5 Å². The summed E-state index contributed by atoms with van der Waals surface area (Å²) in [7, 11) is -0.188. The molecule has 0 amide bonds. The van der Waals surface area contributed by atoms with Gasteiger partial charge in [0.2, 0.25) is 0 Å². The van der Waals surface area contributed by atoms with Crippen molar-refractivity contribution in [3.8, 4) is 0 Å². The molecule has 3 heterocycles. The second kappa shape index (κ2) is 8.22. The zero-order valence-corrected chi connectivity index (χ0v) is 12.9. The second-order valence-electron chi connectivity index (χ2n) is 3.20. The number of furan rings is 1. The number of halogens is 1. The molecule has 0 spiro atoms. The predicted molar refractivity (Wildman–Crippen MR) is 88.9 cm³/mol. The fourth-order valence-corrected chi connectivity index (χ4v) is 3.44. The van der Waals surface area contributed by atoms with E-state index in [1.165, 1.54) is 0 Å². The molecule has 2 aliphatic rings. The summed E-state index contributed by atoms with van der Waals surface area (Å²) in [6.07, 6.45) is 3.24. The Bertz CT molecular complexity index is 537. The molecule has 1 aromatic heterocycles. The molecule has 0 radical (unpaired) electrons. The van der Waals surface area contributed by atoms with E-state index < -0.39 is 0 Å². The number of allylic oxidation sites excluding steroid dienone is 1. The molecule has 9 heteroatoms. The van der Waals surface area contributed by atoms with E-state index in [0.717, 1.165) is 21.4 Å². The number of rotatable bonds is 1. The average molecular weight is 401 g/mol. The normalized spacial score (nSPS) is 18.7. The summed E-state index contributed by atoms with van der Waals surface area (Å²) in [5, 5.41) is 2.93. The summed E-state index contributed by atoms with van der Waals surface area (Å²) in [5.74, 6) is 0. The van der Waals surface area contributed by atoms with Crippen LogP contribution in [0.4, 0.5) is 0 Å². The number of nitrogens with zero attached hydrogens (tertiary/aromatic N) is 2. The summed E-state index contributed by atoms with van der Waals surface area (Å²) < 4.78 is 5.40. The molecule has 2 aliphatic heterocycles. The molecular weight excluding hydrogens is 385 g/mol. The van der Waals surface area contributed by atoms with Crippen LogP contribution in [0.25, 0.3) is 0 Å². The van der Waals surface area contributed by atoms with E-state index in [-0.39, 0.29) is 50.9 Å². The Morgan fingerprint density at radius 1 is 1.26 bits per heavy atom. The highest BCUT2D eigenvalue weighted by molar-refractivity contribution is 14.0. The number of hydrogen-bond donors (Lipinski definition) is 1. The highest BCUT2D eigenvalue weighted by Gasteiger charge is 2.24. The fourth-order valence-electron chi connectivity index (χ4n) is 1.60. The molecule has 0 aliphatic carbocycles. The van der Waals surface area contributed by atoms with Gasteiger partial charge in [0.05, 0.1) is 24.2 Å². The summed E-state index contributed by atoms with van der Waals surface area (Å²) in [5.41, 5.74) is 7.51. The first-order chi connectivity index (χ1) is 7.36. The van der Waals surface area contributed by atoms with Crippen molar-refractivity contribution < 1.29 is 20.8 Å². The third-order valence-corrected chi connectivity index (χ3v) is 4.27. The van der Waals surface area contributed by atoms with E-state index in [4.69, 9.17) is 10.2 Å². The summed E-state index contributed by atoms with van der Waals surface area (Å²) in [6.45, 7) is 0.667. The Morgan fingerprint density at radius 2 is 2.00 bits per heavy atom. The zero-order chi connectivity index (χ0) is 10.3. The molecule has 0 fully saturated rings. The lowest BCUT2D eigenvalue weighted by molar-refractivity contribution is 0.475. The average Bonchev–Trinajstić information content (AvgIpc) is 2.87. The van der Waals surface area contributed by atoms with Crippen molar-refractivity contribution in [3.05, 3.63) is 29.5 Å². The molecule has 19 heavy (non-hydrogen) atoms. The lowest BCUT2D eigenvalue weighted by Crippen LogP contribution is -2.22. The van der Waals surface area contributed by atoms with Crippen LogP contribution in [0.1, 0.15) is 0 Å². The fraction of sp³-hybridized carbons (Fsp3) is 0.100. The molecule has 0 saturated heterocycles. The highest BCUT2D eigenvalue weighted by atomic mass is 127. The van der Waals surface area contributed by atoms with E-state index in [9.17, 15) is 0 Å². The summed E-state index contributed by atoms with van der Waals surface area (Å²) >= 11 is 0. The number of hydrogen-bond acceptors (Lipinski definition) is 4. The van der Waals surface area contributed by atoms with Gasteiger partial charge in [-0.25, -0.2) is 4.99 Å². The lowest BCUT2D eigenvalue weighted by Gasteiger charge is -2.07. The van der Waals surface area contributed by atoms with Crippen LogP contribution in [-0.4, -0.2) is 39.9 Å². The smallest absolute Gasteiger partial charge is 0.158 e. The van der Waals surface area contributed by atoms with Gasteiger partial charge in [-0.3, -0.25) is 4.99 Å². The zero-order valence-electron chi connectivity index (χ0n) is 9.79. The molecule has 1 aromatic rings. The Hall–Kier alpha value is -1.01. The van der Waals surface area contributed by atoms with Crippen LogP contribution in [0.3, 0.4) is 0 Å². The van der Waals surface area contributed by atoms with Crippen LogP contribution in [-0.2, 0) is 0 Å². The van der Waals surface area contributed by atoms with E-state index in [1.54, 1.807) is 12.6 Å². The van der Waals surface area contributed by atoms with E-state index >= 15 is 0 Å². The van der Waals surface area contributed by atoms with Crippen LogP contribution in [0, 0.1) is 0 Å². The topological polar surface area (TPSA) is 158 Å². The Morgan fingerprint density at radius 3 is 2.63 bits per heavy atom. The van der Waals surface area contributed by atoms with Gasteiger partial charge < -0.3 is 26.6 Å². The van der Waals surface area contributed by atoms with Gasteiger partial charge >= 0.3 is 0 Å². The van der Waals surface area contributed by atoms with E-state index in [0.29, 0.717) is 6.54 Å². The van der Waals surface area contributed by atoms with Gasteiger partial charge in [0, 0.05) is 4.86 Å². The first-order valence-corrected chi connectivity index (χ1v) is 5.81. The van der Waals surface area contributed by atoms with Gasteiger partial charge in [-0.1, -0.05) is 10.5 Å². The molecule has 108 valence electrons. The number of fused-ring (bicyclic) bond motifs is 1. The number of aliphatic imine (C=N–C) groups is 2. The summed E-state index contributed by atoms with van der Waals surface area (Å²) in [6, 6.07) is 3.84. The molecule has 7 nitrogen and oxygen atoms in total. The molecule has 3 rings (SSSR count). The maximum atomic E-state index is 5.90. The van der Waals surface area contributed by atoms with Gasteiger partial charge in [-0.05, 0) is 17.5 Å². The van der Waals surface area contributed by atoms with Crippen molar-refractivity contribution in [2.45, 2.75) is 5.09 Å². The third-order valence-electron chi connectivity index (χ3n) is 2.26. The minimum Gasteiger partial charge on any atom is -0.458 e. The number of nitrogens with two attached hydrogens (primary N) is 1. The predicted octanol–water partition coefficient (Wildman–Crippen LogP) is -0.480. The Kier molecular flexibility index (Phi) is 8.79. The highest BCUT2D eigenvalue weighted by Crippen LogP contribution is 2.36. The maximum Gasteiger partial charge on any atom is 0.158 e. The quantitative estimate of drug-likeness (QED) is 0.498. The van der Waals surface area contributed by atoms with Crippen molar-refractivity contribution in [1.82, 2.24) is 0 Å². The van der Waals surface area contributed by atoms with Gasteiger partial charge in [0.1, 0.15) is 6.34 Å². The Labute approximate surface area is 129 Å². The Balaban J connectivity index is 0.